The predicted molar refractivity (Wildman–Crippen MR) is 84.3 cm³/mol. The summed E-state index contributed by atoms with van der Waals surface area (Å²) in [5.41, 5.74) is 1.17. The molecule has 0 aliphatic heterocycles. The smallest absolute Gasteiger partial charge is 0.133 e. The quantitative estimate of drug-likeness (QED) is 0.721. The van der Waals surface area contributed by atoms with Crippen LogP contribution in [0.1, 0.15) is 18.9 Å². The number of methoxy groups -OCH3 is 1. The predicted octanol–water partition coefficient (Wildman–Crippen LogP) is 2.51. The molecule has 0 fully saturated rings. The minimum absolute atomic E-state index is 0.270. The van der Waals surface area contributed by atoms with Crippen LogP contribution in [0.25, 0.3) is 0 Å². The number of benzene rings is 1. The molecule has 2 atom stereocenters. The Kier molecular flexibility index (Phi) is 8.14. The molecule has 20 heavy (non-hydrogen) atoms. The average Bonchev–Trinajstić information content (AvgIpc) is 2.41. The lowest BCUT2D eigenvalue weighted by molar-refractivity contribution is 0.101. The van der Waals surface area contributed by atoms with E-state index in [0.29, 0.717) is 12.6 Å². The molecule has 0 aromatic heterocycles. The van der Waals surface area contributed by atoms with Gasteiger partial charge in [-0.25, -0.2) is 0 Å². The van der Waals surface area contributed by atoms with Crippen LogP contribution in [0.3, 0.4) is 0 Å². The molecule has 2 N–H and O–H groups in total. The van der Waals surface area contributed by atoms with Gasteiger partial charge >= 0.3 is 0 Å². The van der Waals surface area contributed by atoms with Crippen molar-refractivity contribution in [3.8, 4) is 5.75 Å². The first-order valence-corrected chi connectivity index (χ1v) is 7.61. The Hall–Kier alpha value is -0.620. The fourth-order valence-corrected chi connectivity index (χ4v) is 2.31. The maximum absolute atomic E-state index is 9.90. The zero-order valence-corrected chi connectivity index (χ0v) is 13.9. The molecule has 114 valence electrons. The summed E-state index contributed by atoms with van der Waals surface area (Å²) in [7, 11) is 1.69. The monoisotopic (exact) mass is 345 g/mol. The third-order valence-electron chi connectivity index (χ3n) is 2.98. The second kappa shape index (κ2) is 9.34. The molecular formula is C15H24BrNO3. The summed E-state index contributed by atoms with van der Waals surface area (Å²) in [4.78, 5) is 0. The summed E-state index contributed by atoms with van der Waals surface area (Å²) < 4.78 is 11.5. The molecule has 0 saturated heterocycles. The van der Waals surface area contributed by atoms with Crippen molar-refractivity contribution in [2.75, 3.05) is 26.9 Å². The average molecular weight is 346 g/mol. The maximum Gasteiger partial charge on any atom is 0.133 e. The van der Waals surface area contributed by atoms with Crippen molar-refractivity contribution in [1.29, 1.82) is 0 Å². The fraction of sp³-hybridized carbons (Fsp3) is 0.600. The van der Waals surface area contributed by atoms with Gasteiger partial charge in [0.1, 0.15) is 18.5 Å². The number of rotatable bonds is 9. The van der Waals surface area contributed by atoms with Crippen molar-refractivity contribution in [3.05, 3.63) is 28.2 Å². The number of aliphatic hydroxyl groups excluding tert-OH is 1. The van der Waals surface area contributed by atoms with Crippen LogP contribution >= 0.6 is 15.9 Å². The van der Waals surface area contributed by atoms with E-state index in [1.54, 1.807) is 7.11 Å². The van der Waals surface area contributed by atoms with Crippen LogP contribution in [-0.2, 0) is 4.74 Å². The highest BCUT2D eigenvalue weighted by Crippen LogP contribution is 2.25. The Morgan fingerprint density at radius 3 is 2.80 bits per heavy atom. The highest BCUT2D eigenvalue weighted by atomic mass is 79.9. The van der Waals surface area contributed by atoms with Crippen molar-refractivity contribution in [2.45, 2.75) is 32.4 Å². The Labute approximate surface area is 129 Å². The van der Waals surface area contributed by atoms with Crippen LogP contribution in [-0.4, -0.2) is 44.1 Å². The van der Waals surface area contributed by atoms with Gasteiger partial charge in [0, 0.05) is 26.3 Å². The van der Waals surface area contributed by atoms with Crippen molar-refractivity contribution >= 4 is 15.9 Å². The molecule has 0 aliphatic rings. The van der Waals surface area contributed by atoms with Gasteiger partial charge in [-0.3, -0.25) is 0 Å². The van der Waals surface area contributed by atoms with Crippen LogP contribution < -0.4 is 10.1 Å². The van der Waals surface area contributed by atoms with E-state index in [4.69, 9.17) is 9.47 Å². The molecule has 0 radical (unpaired) electrons. The maximum atomic E-state index is 9.90. The van der Waals surface area contributed by atoms with Crippen LogP contribution in [0.5, 0.6) is 5.75 Å². The summed E-state index contributed by atoms with van der Waals surface area (Å²) in [6, 6.07) is 6.20. The van der Waals surface area contributed by atoms with E-state index < -0.39 is 6.10 Å². The number of ether oxygens (including phenoxy) is 2. The lowest BCUT2D eigenvalue weighted by atomic mass is 10.2. The van der Waals surface area contributed by atoms with Crippen molar-refractivity contribution in [1.82, 2.24) is 5.32 Å². The second-order valence-electron chi connectivity index (χ2n) is 4.99. The number of nitrogens with one attached hydrogen (secondary N) is 1. The SMILES string of the molecule is COCCC(C)NCC(O)COc1ccc(C)cc1Br. The molecule has 1 aromatic carbocycles. The summed E-state index contributed by atoms with van der Waals surface area (Å²) in [6.07, 6.45) is 0.390. The van der Waals surface area contributed by atoms with Crippen molar-refractivity contribution < 1.29 is 14.6 Å². The van der Waals surface area contributed by atoms with E-state index >= 15 is 0 Å². The highest BCUT2D eigenvalue weighted by molar-refractivity contribution is 9.10. The van der Waals surface area contributed by atoms with Crippen LogP contribution in [0.4, 0.5) is 0 Å². The molecule has 0 aliphatic carbocycles. The van der Waals surface area contributed by atoms with E-state index in [0.717, 1.165) is 23.2 Å². The standard InChI is InChI=1S/C15H24BrNO3/c1-11-4-5-15(14(16)8-11)20-10-13(18)9-17-12(2)6-7-19-3/h4-5,8,12-13,17-18H,6-7,9-10H2,1-3H3. The Bertz CT molecular complexity index is 401. The number of aliphatic hydroxyl groups is 1. The van der Waals surface area contributed by atoms with Gasteiger partial charge < -0.3 is 19.9 Å². The number of halogens is 1. The van der Waals surface area contributed by atoms with E-state index in [2.05, 4.69) is 28.2 Å². The largest absolute Gasteiger partial charge is 0.490 e. The van der Waals surface area contributed by atoms with Gasteiger partial charge in [-0.05, 0) is 53.9 Å². The molecule has 1 aromatic rings. The van der Waals surface area contributed by atoms with Crippen LogP contribution in [0, 0.1) is 6.92 Å². The summed E-state index contributed by atoms with van der Waals surface area (Å²) in [5.74, 6) is 0.752. The zero-order chi connectivity index (χ0) is 15.0. The molecule has 0 amide bonds. The minimum Gasteiger partial charge on any atom is -0.490 e. The molecule has 5 heteroatoms. The molecule has 0 heterocycles. The molecule has 1 rings (SSSR count). The van der Waals surface area contributed by atoms with Gasteiger partial charge in [0.2, 0.25) is 0 Å². The van der Waals surface area contributed by atoms with Crippen molar-refractivity contribution in [3.63, 3.8) is 0 Å². The lowest BCUT2D eigenvalue weighted by Crippen LogP contribution is -2.37. The summed E-state index contributed by atoms with van der Waals surface area (Å²) in [6.45, 7) is 5.59. The number of hydrogen-bond donors (Lipinski definition) is 2. The molecule has 2 unspecified atom stereocenters. The topological polar surface area (TPSA) is 50.7 Å². The van der Waals surface area contributed by atoms with Gasteiger partial charge in [-0.1, -0.05) is 6.07 Å². The van der Waals surface area contributed by atoms with Crippen LogP contribution in [0.2, 0.25) is 0 Å². The van der Waals surface area contributed by atoms with Crippen molar-refractivity contribution in [2.24, 2.45) is 0 Å². The fourth-order valence-electron chi connectivity index (χ4n) is 1.70. The zero-order valence-electron chi connectivity index (χ0n) is 12.4. The Morgan fingerprint density at radius 2 is 2.15 bits per heavy atom. The first-order valence-electron chi connectivity index (χ1n) is 6.82. The third kappa shape index (κ3) is 6.70. The van der Waals surface area contributed by atoms with E-state index in [1.807, 2.05) is 25.1 Å². The molecule has 4 nitrogen and oxygen atoms in total. The van der Waals surface area contributed by atoms with Gasteiger partial charge in [-0.2, -0.15) is 0 Å². The van der Waals surface area contributed by atoms with E-state index in [1.165, 1.54) is 5.56 Å². The second-order valence-corrected chi connectivity index (χ2v) is 5.84. The van der Waals surface area contributed by atoms with Gasteiger partial charge in [0.25, 0.3) is 0 Å². The molecular weight excluding hydrogens is 322 g/mol. The number of aryl methyl sites for hydroxylation is 1. The van der Waals surface area contributed by atoms with E-state index in [-0.39, 0.29) is 6.61 Å². The summed E-state index contributed by atoms with van der Waals surface area (Å²) in [5, 5.41) is 13.2. The lowest BCUT2D eigenvalue weighted by Gasteiger charge is -2.17. The van der Waals surface area contributed by atoms with Crippen LogP contribution in [0.15, 0.2) is 22.7 Å². The minimum atomic E-state index is -0.534. The van der Waals surface area contributed by atoms with Gasteiger partial charge in [-0.15, -0.1) is 0 Å². The van der Waals surface area contributed by atoms with Gasteiger partial charge in [0.05, 0.1) is 4.47 Å². The van der Waals surface area contributed by atoms with Gasteiger partial charge in [0.15, 0.2) is 0 Å². The number of hydrogen-bond acceptors (Lipinski definition) is 4. The molecule has 0 saturated carbocycles. The first-order chi connectivity index (χ1) is 9.52. The van der Waals surface area contributed by atoms with E-state index in [9.17, 15) is 5.11 Å². The Balaban J connectivity index is 2.27. The Morgan fingerprint density at radius 1 is 1.40 bits per heavy atom. The highest BCUT2D eigenvalue weighted by Gasteiger charge is 2.09. The summed E-state index contributed by atoms with van der Waals surface area (Å²) >= 11 is 3.45. The first kappa shape index (κ1) is 17.4. The molecule has 0 spiro atoms. The molecule has 0 bridgehead atoms. The third-order valence-corrected chi connectivity index (χ3v) is 3.60. The normalized spacial score (nSPS) is 14.1.